The maximum absolute atomic E-state index is 13.3. The molecule has 0 amide bonds. The molecular formula is C15H20F2N2O3S. The predicted octanol–water partition coefficient (Wildman–Crippen LogP) is 1.18. The van der Waals surface area contributed by atoms with Gasteiger partial charge in [-0.05, 0) is 37.5 Å². The van der Waals surface area contributed by atoms with Crippen LogP contribution >= 0.6 is 0 Å². The highest BCUT2D eigenvalue weighted by Gasteiger charge is 2.34. The molecule has 8 heteroatoms. The summed E-state index contributed by atoms with van der Waals surface area (Å²) >= 11 is 0. The lowest BCUT2D eigenvalue weighted by atomic mass is 10.1. The Morgan fingerprint density at radius 3 is 2.30 bits per heavy atom. The molecule has 1 aromatic carbocycles. The number of benzene rings is 1. The third-order valence-electron chi connectivity index (χ3n) is 4.66. The van der Waals surface area contributed by atoms with Crippen LogP contribution in [0.2, 0.25) is 0 Å². The Hall–Kier alpha value is -1.09. The molecule has 2 fully saturated rings. The van der Waals surface area contributed by atoms with E-state index < -0.39 is 21.7 Å². The van der Waals surface area contributed by atoms with Gasteiger partial charge < -0.3 is 5.11 Å². The summed E-state index contributed by atoms with van der Waals surface area (Å²) in [4.78, 5) is 1.98. The summed E-state index contributed by atoms with van der Waals surface area (Å²) < 4.78 is 52.6. The van der Waals surface area contributed by atoms with E-state index in [-0.39, 0.29) is 17.0 Å². The zero-order valence-electron chi connectivity index (χ0n) is 12.7. The Kier molecular flexibility index (Phi) is 4.68. The van der Waals surface area contributed by atoms with Gasteiger partial charge in [0.15, 0.2) is 11.6 Å². The fourth-order valence-electron chi connectivity index (χ4n) is 3.33. The number of likely N-dealkylation sites (tertiary alicyclic amines) is 1. The number of sulfonamides is 1. The second-order valence-electron chi connectivity index (χ2n) is 6.15. The van der Waals surface area contributed by atoms with Crippen molar-refractivity contribution in [3.05, 3.63) is 29.8 Å². The fraction of sp³-hybridized carbons (Fsp3) is 0.600. The third kappa shape index (κ3) is 3.40. The molecule has 5 nitrogen and oxygen atoms in total. The maximum Gasteiger partial charge on any atom is 0.243 e. The summed E-state index contributed by atoms with van der Waals surface area (Å²) in [5.74, 6) is -2.22. The fourth-order valence-corrected chi connectivity index (χ4v) is 4.82. The van der Waals surface area contributed by atoms with E-state index in [1.165, 1.54) is 4.31 Å². The number of aliphatic hydroxyl groups is 1. The maximum atomic E-state index is 13.3. The van der Waals surface area contributed by atoms with Crippen LogP contribution in [0.1, 0.15) is 19.3 Å². The minimum absolute atomic E-state index is 0.216. The highest BCUT2D eigenvalue weighted by atomic mass is 32.2. The highest BCUT2D eigenvalue weighted by molar-refractivity contribution is 7.89. The van der Waals surface area contributed by atoms with Crippen LogP contribution in [0.15, 0.2) is 23.1 Å². The van der Waals surface area contributed by atoms with Gasteiger partial charge >= 0.3 is 0 Å². The number of piperidine rings is 1. The average Bonchev–Trinajstić information content (AvgIpc) is 2.96. The number of nitrogens with zero attached hydrogens (tertiary/aromatic N) is 2. The Labute approximate surface area is 134 Å². The van der Waals surface area contributed by atoms with Gasteiger partial charge in [0, 0.05) is 32.2 Å². The molecule has 23 heavy (non-hydrogen) atoms. The van der Waals surface area contributed by atoms with Gasteiger partial charge in [-0.2, -0.15) is 4.31 Å². The number of hydrogen-bond acceptors (Lipinski definition) is 4. The summed E-state index contributed by atoms with van der Waals surface area (Å²) in [5, 5.41) is 9.59. The van der Waals surface area contributed by atoms with Crippen LogP contribution in [-0.2, 0) is 10.0 Å². The van der Waals surface area contributed by atoms with Crippen molar-refractivity contribution in [2.75, 3.05) is 26.2 Å². The monoisotopic (exact) mass is 346 g/mol. The summed E-state index contributed by atoms with van der Waals surface area (Å²) in [6, 6.07) is 2.92. The molecule has 0 bridgehead atoms. The van der Waals surface area contributed by atoms with Crippen molar-refractivity contribution in [2.45, 2.75) is 36.3 Å². The van der Waals surface area contributed by atoms with Gasteiger partial charge in [0.05, 0.1) is 11.0 Å². The molecule has 128 valence electrons. The van der Waals surface area contributed by atoms with Crippen LogP contribution in [0, 0.1) is 11.6 Å². The van der Waals surface area contributed by atoms with Gasteiger partial charge in [0.1, 0.15) is 0 Å². The molecule has 0 saturated carbocycles. The van der Waals surface area contributed by atoms with Crippen molar-refractivity contribution < 1.29 is 22.3 Å². The molecular weight excluding hydrogens is 326 g/mol. The summed E-state index contributed by atoms with van der Waals surface area (Å²) in [7, 11) is -3.80. The van der Waals surface area contributed by atoms with E-state index in [9.17, 15) is 22.3 Å². The Bertz CT molecular complexity index is 675. The average molecular weight is 346 g/mol. The van der Waals surface area contributed by atoms with E-state index >= 15 is 0 Å². The number of β-amino-alcohol motifs (C(OH)–C–C–N with tert-alkyl or cyclic N) is 1. The van der Waals surface area contributed by atoms with Crippen LogP contribution in [0.4, 0.5) is 8.78 Å². The minimum Gasteiger partial charge on any atom is -0.392 e. The molecule has 0 radical (unpaired) electrons. The van der Waals surface area contributed by atoms with Crippen molar-refractivity contribution in [3.63, 3.8) is 0 Å². The van der Waals surface area contributed by atoms with Gasteiger partial charge in [-0.3, -0.25) is 4.90 Å². The van der Waals surface area contributed by atoms with Crippen molar-refractivity contribution in [2.24, 2.45) is 0 Å². The molecule has 1 atom stereocenters. The van der Waals surface area contributed by atoms with Gasteiger partial charge in [0.2, 0.25) is 10.0 Å². The molecule has 0 aromatic heterocycles. The SMILES string of the molecule is O=S(=O)(c1ccc(F)c(F)c1)N1CCC(N2CC[C@@H](O)C2)CC1. The summed E-state index contributed by atoms with van der Waals surface area (Å²) in [6.45, 7) is 2.17. The van der Waals surface area contributed by atoms with Crippen molar-refractivity contribution in [1.29, 1.82) is 0 Å². The van der Waals surface area contributed by atoms with Gasteiger partial charge in [-0.15, -0.1) is 0 Å². The van der Waals surface area contributed by atoms with Crippen molar-refractivity contribution >= 4 is 10.0 Å². The van der Waals surface area contributed by atoms with E-state index in [2.05, 4.69) is 4.90 Å². The lowest BCUT2D eigenvalue weighted by molar-refractivity contribution is 0.132. The lowest BCUT2D eigenvalue weighted by Crippen LogP contribution is -2.46. The first-order valence-electron chi connectivity index (χ1n) is 7.75. The Morgan fingerprint density at radius 1 is 1.04 bits per heavy atom. The Morgan fingerprint density at radius 2 is 1.74 bits per heavy atom. The second-order valence-corrected chi connectivity index (χ2v) is 8.09. The molecule has 0 aliphatic carbocycles. The van der Waals surface area contributed by atoms with Gasteiger partial charge in [0.25, 0.3) is 0 Å². The van der Waals surface area contributed by atoms with E-state index in [1.54, 1.807) is 0 Å². The highest BCUT2D eigenvalue weighted by Crippen LogP contribution is 2.26. The van der Waals surface area contributed by atoms with E-state index in [1.807, 2.05) is 0 Å². The largest absolute Gasteiger partial charge is 0.392 e. The molecule has 1 aromatic rings. The molecule has 3 rings (SSSR count). The first-order chi connectivity index (χ1) is 10.9. The summed E-state index contributed by atoms with van der Waals surface area (Å²) in [5.41, 5.74) is 0. The molecule has 2 aliphatic heterocycles. The van der Waals surface area contributed by atoms with Gasteiger partial charge in [-0.25, -0.2) is 17.2 Å². The first kappa shape index (κ1) is 16.8. The van der Waals surface area contributed by atoms with E-state index in [4.69, 9.17) is 0 Å². The predicted molar refractivity (Wildman–Crippen MR) is 80.3 cm³/mol. The first-order valence-corrected chi connectivity index (χ1v) is 9.19. The zero-order chi connectivity index (χ0) is 16.6. The van der Waals surface area contributed by atoms with E-state index in [0.717, 1.165) is 31.2 Å². The molecule has 0 spiro atoms. The van der Waals surface area contributed by atoms with Crippen molar-refractivity contribution in [1.82, 2.24) is 9.21 Å². The minimum atomic E-state index is -3.80. The topological polar surface area (TPSA) is 60.9 Å². The van der Waals surface area contributed by atoms with Crippen LogP contribution in [0.3, 0.4) is 0 Å². The molecule has 2 aliphatic rings. The van der Waals surface area contributed by atoms with Gasteiger partial charge in [-0.1, -0.05) is 0 Å². The summed E-state index contributed by atoms with van der Waals surface area (Å²) in [6.07, 6.45) is 1.82. The molecule has 0 unspecified atom stereocenters. The molecule has 2 saturated heterocycles. The second kappa shape index (κ2) is 6.43. The zero-order valence-corrected chi connectivity index (χ0v) is 13.5. The van der Waals surface area contributed by atoms with E-state index in [0.29, 0.717) is 32.5 Å². The lowest BCUT2D eigenvalue weighted by Gasteiger charge is -2.36. The third-order valence-corrected chi connectivity index (χ3v) is 6.56. The molecule has 1 N–H and O–H groups in total. The normalized spacial score (nSPS) is 25.1. The number of aliphatic hydroxyl groups excluding tert-OH is 1. The number of rotatable bonds is 3. The van der Waals surface area contributed by atoms with Crippen LogP contribution in [-0.4, -0.2) is 61.1 Å². The van der Waals surface area contributed by atoms with Crippen LogP contribution in [0.25, 0.3) is 0 Å². The number of halogens is 2. The smallest absolute Gasteiger partial charge is 0.243 e. The quantitative estimate of drug-likeness (QED) is 0.893. The van der Waals surface area contributed by atoms with Crippen molar-refractivity contribution in [3.8, 4) is 0 Å². The molecule has 2 heterocycles. The van der Waals surface area contributed by atoms with Crippen LogP contribution < -0.4 is 0 Å². The standard InChI is InChI=1S/C15H20F2N2O3S/c16-14-2-1-13(9-15(14)17)23(21,22)19-7-3-11(4-8-19)18-6-5-12(20)10-18/h1-2,9,11-12,20H,3-8,10H2/t12-/m1/s1. The van der Waals surface area contributed by atoms with Crippen LogP contribution in [0.5, 0.6) is 0 Å². The number of hydrogen-bond donors (Lipinski definition) is 1. The Balaban J connectivity index is 1.67.